The third-order valence-corrected chi connectivity index (χ3v) is 6.34. The molecule has 0 spiro atoms. The van der Waals surface area contributed by atoms with Crippen LogP contribution >= 0.6 is 11.8 Å². The maximum absolute atomic E-state index is 12.9. The standard InChI is InChI=1S/C25H28N2O4S/c1-14-11-15(2)23(16(3)12-14)26-24(28)19(6)30-25(29)20-9-7-8-10-22(20)32-13-21-17(4)27-31-18(21)5/h7-12,19H,13H2,1-6H3,(H,26,28). The molecule has 1 amide bonds. The number of aryl methyl sites for hydroxylation is 5. The zero-order chi connectivity index (χ0) is 23.4. The number of hydrogen-bond donors (Lipinski definition) is 1. The van der Waals surface area contributed by atoms with Gasteiger partial charge in [0.1, 0.15) is 5.76 Å². The summed E-state index contributed by atoms with van der Waals surface area (Å²) in [5.74, 6) is 0.483. The molecule has 32 heavy (non-hydrogen) atoms. The van der Waals surface area contributed by atoms with Crippen LogP contribution in [0.25, 0.3) is 0 Å². The molecule has 1 unspecified atom stereocenters. The van der Waals surface area contributed by atoms with Gasteiger partial charge in [0.25, 0.3) is 5.91 Å². The van der Waals surface area contributed by atoms with Gasteiger partial charge in [-0.15, -0.1) is 11.8 Å². The molecule has 1 aromatic heterocycles. The largest absolute Gasteiger partial charge is 0.449 e. The van der Waals surface area contributed by atoms with Gasteiger partial charge in [0.2, 0.25) is 0 Å². The fraction of sp³-hybridized carbons (Fsp3) is 0.320. The van der Waals surface area contributed by atoms with Crippen molar-refractivity contribution in [2.45, 2.75) is 58.3 Å². The van der Waals surface area contributed by atoms with Crippen LogP contribution in [0.15, 0.2) is 45.8 Å². The molecule has 0 bridgehead atoms. The number of thioether (sulfide) groups is 1. The lowest BCUT2D eigenvalue weighted by Gasteiger charge is -2.17. The predicted molar refractivity (Wildman–Crippen MR) is 126 cm³/mol. The minimum absolute atomic E-state index is 0.366. The molecule has 0 fully saturated rings. The Morgan fingerprint density at radius 3 is 2.38 bits per heavy atom. The molecule has 0 aliphatic rings. The molecule has 0 aliphatic carbocycles. The van der Waals surface area contributed by atoms with Crippen LogP contribution in [0.4, 0.5) is 5.69 Å². The Balaban J connectivity index is 1.68. The van der Waals surface area contributed by atoms with E-state index in [-0.39, 0.29) is 5.91 Å². The average Bonchev–Trinajstić information content (AvgIpc) is 3.06. The lowest BCUT2D eigenvalue weighted by molar-refractivity contribution is -0.123. The summed E-state index contributed by atoms with van der Waals surface area (Å²) in [6, 6.07) is 11.2. The van der Waals surface area contributed by atoms with Gasteiger partial charge in [-0.1, -0.05) is 35.0 Å². The van der Waals surface area contributed by atoms with Crippen molar-refractivity contribution in [3.05, 3.63) is 75.7 Å². The average molecular weight is 453 g/mol. The number of nitrogens with zero attached hydrogens (tertiary/aromatic N) is 1. The van der Waals surface area contributed by atoms with Crippen molar-refractivity contribution in [3.63, 3.8) is 0 Å². The summed E-state index contributed by atoms with van der Waals surface area (Å²) in [5.41, 5.74) is 6.08. The van der Waals surface area contributed by atoms with Crippen LogP contribution in [-0.2, 0) is 15.3 Å². The van der Waals surface area contributed by atoms with Crippen LogP contribution in [0.3, 0.4) is 0 Å². The Morgan fingerprint density at radius 1 is 1.09 bits per heavy atom. The number of carbonyl (C=O) groups is 2. The molecule has 7 heteroatoms. The summed E-state index contributed by atoms with van der Waals surface area (Å²) < 4.78 is 10.7. The number of aromatic nitrogens is 1. The molecule has 0 radical (unpaired) electrons. The van der Waals surface area contributed by atoms with Gasteiger partial charge in [-0.05, 0) is 64.8 Å². The summed E-state index contributed by atoms with van der Waals surface area (Å²) in [6.07, 6.45) is -0.941. The highest BCUT2D eigenvalue weighted by Gasteiger charge is 2.22. The highest BCUT2D eigenvalue weighted by atomic mass is 32.2. The monoisotopic (exact) mass is 452 g/mol. The van der Waals surface area contributed by atoms with Gasteiger partial charge in [-0.25, -0.2) is 4.79 Å². The number of nitrogens with one attached hydrogen (secondary N) is 1. The van der Waals surface area contributed by atoms with Gasteiger partial charge in [-0.3, -0.25) is 4.79 Å². The molecule has 0 saturated heterocycles. The van der Waals surface area contributed by atoms with E-state index < -0.39 is 12.1 Å². The fourth-order valence-electron chi connectivity index (χ4n) is 3.50. The van der Waals surface area contributed by atoms with Gasteiger partial charge in [0.05, 0.1) is 11.3 Å². The Bertz CT molecular complexity index is 1110. The summed E-state index contributed by atoms with van der Waals surface area (Å²) in [7, 11) is 0. The molecule has 6 nitrogen and oxygen atoms in total. The third-order valence-electron chi connectivity index (χ3n) is 5.24. The van der Waals surface area contributed by atoms with Crippen molar-refractivity contribution in [1.29, 1.82) is 0 Å². The van der Waals surface area contributed by atoms with E-state index in [2.05, 4.69) is 10.5 Å². The van der Waals surface area contributed by atoms with E-state index in [0.717, 1.165) is 44.3 Å². The molecule has 2 aromatic carbocycles. The first-order valence-corrected chi connectivity index (χ1v) is 11.4. The first kappa shape index (κ1) is 23.6. The topological polar surface area (TPSA) is 81.4 Å². The summed E-state index contributed by atoms with van der Waals surface area (Å²) in [6.45, 7) is 11.2. The van der Waals surface area contributed by atoms with Crippen molar-refractivity contribution in [3.8, 4) is 0 Å². The minimum Gasteiger partial charge on any atom is -0.449 e. The van der Waals surface area contributed by atoms with E-state index in [0.29, 0.717) is 11.3 Å². The second-order valence-corrected chi connectivity index (χ2v) is 8.92. The van der Waals surface area contributed by atoms with Crippen LogP contribution in [0, 0.1) is 34.6 Å². The SMILES string of the molecule is Cc1cc(C)c(NC(=O)C(C)OC(=O)c2ccccc2SCc2c(C)noc2C)c(C)c1. The number of benzene rings is 2. The van der Waals surface area contributed by atoms with E-state index in [1.165, 1.54) is 11.8 Å². The molecular weight excluding hydrogens is 424 g/mol. The van der Waals surface area contributed by atoms with E-state index in [1.807, 2.05) is 58.9 Å². The number of rotatable bonds is 7. The Hall–Kier alpha value is -3.06. The second-order valence-electron chi connectivity index (χ2n) is 7.90. The first-order valence-electron chi connectivity index (χ1n) is 10.4. The van der Waals surface area contributed by atoms with Crippen molar-refractivity contribution < 1.29 is 18.8 Å². The molecule has 0 saturated carbocycles. The Morgan fingerprint density at radius 2 is 1.75 bits per heavy atom. The van der Waals surface area contributed by atoms with E-state index >= 15 is 0 Å². The second kappa shape index (κ2) is 10.0. The lowest BCUT2D eigenvalue weighted by Crippen LogP contribution is -2.30. The number of carbonyl (C=O) groups excluding carboxylic acids is 2. The van der Waals surface area contributed by atoms with Gasteiger partial charge in [-0.2, -0.15) is 0 Å². The van der Waals surface area contributed by atoms with Gasteiger partial charge in [0.15, 0.2) is 6.10 Å². The van der Waals surface area contributed by atoms with Crippen molar-refractivity contribution >= 4 is 29.3 Å². The maximum Gasteiger partial charge on any atom is 0.340 e. The summed E-state index contributed by atoms with van der Waals surface area (Å²) in [4.78, 5) is 26.3. The Kier molecular flexibility index (Phi) is 7.40. The maximum atomic E-state index is 12.9. The number of esters is 1. The van der Waals surface area contributed by atoms with E-state index in [9.17, 15) is 9.59 Å². The highest BCUT2D eigenvalue weighted by Crippen LogP contribution is 2.29. The highest BCUT2D eigenvalue weighted by molar-refractivity contribution is 7.98. The van der Waals surface area contributed by atoms with E-state index in [4.69, 9.17) is 9.26 Å². The van der Waals surface area contributed by atoms with Crippen LogP contribution in [0.5, 0.6) is 0 Å². The molecule has 0 aliphatic heterocycles. The van der Waals surface area contributed by atoms with Gasteiger partial charge in [0, 0.05) is 21.9 Å². The summed E-state index contributed by atoms with van der Waals surface area (Å²) in [5, 5.41) is 6.87. The zero-order valence-corrected chi connectivity index (χ0v) is 20.1. The molecule has 3 aromatic rings. The van der Waals surface area contributed by atoms with Gasteiger partial charge >= 0.3 is 5.97 Å². The minimum atomic E-state index is -0.941. The van der Waals surface area contributed by atoms with Crippen LogP contribution < -0.4 is 5.32 Å². The van der Waals surface area contributed by atoms with Crippen molar-refractivity contribution in [2.75, 3.05) is 5.32 Å². The molecule has 1 heterocycles. The lowest BCUT2D eigenvalue weighted by atomic mass is 10.0. The van der Waals surface area contributed by atoms with Crippen LogP contribution in [-0.4, -0.2) is 23.1 Å². The molecule has 3 rings (SSSR count). The fourth-order valence-corrected chi connectivity index (χ4v) is 4.69. The number of amides is 1. The van der Waals surface area contributed by atoms with Crippen molar-refractivity contribution in [1.82, 2.24) is 5.16 Å². The van der Waals surface area contributed by atoms with E-state index in [1.54, 1.807) is 19.1 Å². The van der Waals surface area contributed by atoms with Crippen molar-refractivity contribution in [2.24, 2.45) is 0 Å². The van der Waals surface area contributed by atoms with Crippen LogP contribution in [0.1, 0.15) is 51.0 Å². The quantitative estimate of drug-likeness (QED) is 0.366. The number of hydrogen-bond acceptors (Lipinski definition) is 6. The summed E-state index contributed by atoms with van der Waals surface area (Å²) >= 11 is 1.50. The van der Waals surface area contributed by atoms with Gasteiger partial charge < -0.3 is 14.6 Å². The predicted octanol–water partition coefficient (Wildman–Crippen LogP) is 5.69. The van der Waals surface area contributed by atoms with Crippen LogP contribution in [0.2, 0.25) is 0 Å². The molecule has 1 atom stereocenters. The molecule has 1 N–H and O–H groups in total. The Labute approximate surface area is 192 Å². The molecular formula is C25H28N2O4S. The number of ether oxygens (including phenoxy) is 1. The third kappa shape index (κ3) is 5.40. The smallest absolute Gasteiger partial charge is 0.340 e. The zero-order valence-electron chi connectivity index (χ0n) is 19.2. The first-order chi connectivity index (χ1) is 15.2. The normalized spacial score (nSPS) is 11.8. The number of anilines is 1. The molecule has 168 valence electrons.